The van der Waals surface area contributed by atoms with Crippen LogP contribution in [0.25, 0.3) is 0 Å². The average molecular weight is 193 g/mol. The fourth-order valence-corrected chi connectivity index (χ4v) is 1.40. The Morgan fingerprint density at radius 2 is 2.14 bits per heavy atom. The molecule has 0 spiro atoms. The maximum absolute atomic E-state index is 5.97. The number of aromatic nitrogens is 1. The number of hydrogen-bond donors (Lipinski definition) is 1. The Bertz CT molecular complexity index is 307. The number of hydrogen-bond acceptors (Lipinski definition) is 3. The summed E-state index contributed by atoms with van der Waals surface area (Å²) < 4.78 is 0. The van der Waals surface area contributed by atoms with Crippen LogP contribution in [0.5, 0.6) is 0 Å². The van der Waals surface area contributed by atoms with Crippen molar-refractivity contribution >= 4 is 5.82 Å². The SMILES string of the molecule is CCC(N)c1cnc(N(C)C)cc1C. The predicted molar refractivity (Wildman–Crippen MR) is 60.5 cm³/mol. The first kappa shape index (κ1) is 11.0. The summed E-state index contributed by atoms with van der Waals surface area (Å²) in [5.41, 5.74) is 8.34. The minimum absolute atomic E-state index is 0.110. The van der Waals surface area contributed by atoms with Crippen LogP contribution in [-0.2, 0) is 0 Å². The van der Waals surface area contributed by atoms with Crippen molar-refractivity contribution in [1.29, 1.82) is 0 Å². The van der Waals surface area contributed by atoms with E-state index in [0.717, 1.165) is 17.8 Å². The minimum Gasteiger partial charge on any atom is -0.363 e. The lowest BCUT2D eigenvalue weighted by molar-refractivity contribution is 0.690. The van der Waals surface area contributed by atoms with Gasteiger partial charge in [0.25, 0.3) is 0 Å². The number of nitrogens with zero attached hydrogens (tertiary/aromatic N) is 2. The van der Waals surface area contributed by atoms with E-state index in [4.69, 9.17) is 5.73 Å². The fraction of sp³-hybridized carbons (Fsp3) is 0.545. The number of anilines is 1. The van der Waals surface area contributed by atoms with Gasteiger partial charge in [-0.15, -0.1) is 0 Å². The van der Waals surface area contributed by atoms with Gasteiger partial charge < -0.3 is 10.6 Å². The molecule has 3 nitrogen and oxygen atoms in total. The van der Waals surface area contributed by atoms with Crippen molar-refractivity contribution in [3.05, 3.63) is 23.4 Å². The Balaban J connectivity index is 3.01. The maximum Gasteiger partial charge on any atom is 0.128 e. The van der Waals surface area contributed by atoms with Crippen LogP contribution < -0.4 is 10.6 Å². The highest BCUT2D eigenvalue weighted by Gasteiger charge is 2.08. The van der Waals surface area contributed by atoms with E-state index in [0.29, 0.717) is 0 Å². The Morgan fingerprint density at radius 3 is 2.57 bits per heavy atom. The molecule has 0 amide bonds. The highest BCUT2D eigenvalue weighted by molar-refractivity contribution is 5.42. The van der Waals surface area contributed by atoms with Gasteiger partial charge in [-0.1, -0.05) is 6.92 Å². The molecule has 1 heterocycles. The van der Waals surface area contributed by atoms with Crippen molar-refractivity contribution in [1.82, 2.24) is 4.98 Å². The van der Waals surface area contributed by atoms with Gasteiger partial charge in [0.05, 0.1) is 0 Å². The van der Waals surface area contributed by atoms with Crippen LogP contribution in [0.15, 0.2) is 12.3 Å². The van der Waals surface area contributed by atoms with Crippen LogP contribution in [0.2, 0.25) is 0 Å². The second-order valence-corrected chi connectivity index (χ2v) is 3.81. The topological polar surface area (TPSA) is 42.1 Å². The van der Waals surface area contributed by atoms with Gasteiger partial charge in [-0.2, -0.15) is 0 Å². The summed E-state index contributed by atoms with van der Waals surface area (Å²) in [5.74, 6) is 0.981. The van der Waals surface area contributed by atoms with Crippen LogP contribution in [-0.4, -0.2) is 19.1 Å². The van der Waals surface area contributed by atoms with E-state index < -0.39 is 0 Å². The van der Waals surface area contributed by atoms with Crippen LogP contribution in [0.4, 0.5) is 5.82 Å². The van der Waals surface area contributed by atoms with Gasteiger partial charge in [-0.05, 0) is 30.5 Å². The van der Waals surface area contributed by atoms with Gasteiger partial charge in [-0.25, -0.2) is 4.98 Å². The zero-order valence-corrected chi connectivity index (χ0v) is 9.41. The molecule has 0 saturated carbocycles. The van der Waals surface area contributed by atoms with Crippen molar-refractivity contribution in [3.8, 4) is 0 Å². The summed E-state index contributed by atoms with van der Waals surface area (Å²) in [4.78, 5) is 6.35. The van der Waals surface area contributed by atoms with E-state index in [1.807, 2.05) is 25.2 Å². The Hall–Kier alpha value is -1.09. The Kier molecular flexibility index (Phi) is 3.47. The molecule has 0 radical (unpaired) electrons. The number of pyridine rings is 1. The Morgan fingerprint density at radius 1 is 1.50 bits per heavy atom. The minimum atomic E-state index is 0.110. The van der Waals surface area contributed by atoms with Gasteiger partial charge in [0, 0.05) is 26.3 Å². The number of nitrogens with two attached hydrogens (primary N) is 1. The quantitative estimate of drug-likeness (QED) is 0.796. The van der Waals surface area contributed by atoms with Crippen molar-refractivity contribution in [3.63, 3.8) is 0 Å². The van der Waals surface area contributed by atoms with Crippen molar-refractivity contribution in [2.75, 3.05) is 19.0 Å². The molecule has 1 unspecified atom stereocenters. The van der Waals surface area contributed by atoms with Gasteiger partial charge in [0.1, 0.15) is 5.82 Å². The second-order valence-electron chi connectivity index (χ2n) is 3.81. The molecule has 0 fully saturated rings. The standard InChI is InChI=1S/C11H19N3/c1-5-10(12)9-7-13-11(14(3)4)6-8(9)2/h6-7,10H,5,12H2,1-4H3. The van der Waals surface area contributed by atoms with Crippen LogP contribution in [0.1, 0.15) is 30.5 Å². The smallest absolute Gasteiger partial charge is 0.128 e. The van der Waals surface area contributed by atoms with Gasteiger partial charge in [0.2, 0.25) is 0 Å². The molecule has 0 aromatic carbocycles. The van der Waals surface area contributed by atoms with Crippen molar-refractivity contribution < 1.29 is 0 Å². The first-order valence-electron chi connectivity index (χ1n) is 4.95. The molecule has 14 heavy (non-hydrogen) atoms. The van der Waals surface area contributed by atoms with E-state index in [2.05, 4.69) is 24.9 Å². The first-order valence-corrected chi connectivity index (χ1v) is 4.95. The van der Waals surface area contributed by atoms with Crippen LogP contribution in [0, 0.1) is 6.92 Å². The lowest BCUT2D eigenvalue weighted by atomic mass is 10.0. The molecule has 0 bridgehead atoms. The van der Waals surface area contributed by atoms with E-state index >= 15 is 0 Å². The normalized spacial score (nSPS) is 12.6. The summed E-state index contributed by atoms with van der Waals surface area (Å²) in [5, 5.41) is 0. The molecule has 0 aliphatic rings. The van der Waals surface area contributed by atoms with Gasteiger partial charge in [-0.3, -0.25) is 0 Å². The summed E-state index contributed by atoms with van der Waals surface area (Å²) in [7, 11) is 3.97. The molecule has 1 aromatic rings. The van der Waals surface area contributed by atoms with Crippen molar-refractivity contribution in [2.24, 2.45) is 5.73 Å². The Labute approximate surface area is 85.9 Å². The highest BCUT2D eigenvalue weighted by atomic mass is 15.1. The summed E-state index contributed by atoms with van der Waals surface area (Å²) >= 11 is 0. The molecule has 0 saturated heterocycles. The van der Waals surface area contributed by atoms with Gasteiger partial charge >= 0.3 is 0 Å². The monoisotopic (exact) mass is 193 g/mol. The van der Waals surface area contributed by atoms with E-state index in [-0.39, 0.29) is 6.04 Å². The molecule has 1 atom stereocenters. The maximum atomic E-state index is 5.97. The average Bonchev–Trinajstić information content (AvgIpc) is 2.16. The third-order valence-corrected chi connectivity index (χ3v) is 2.43. The van der Waals surface area contributed by atoms with E-state index in [1.54, 1.807) is 0 Å². The van der Waals surface area contributed by atoms with Crippen molar-refractivity contribution in [2.45, 2.75) is 26.3 Å². The zero-order chi connectivity index (χ0) is 10.7. The third-order valence-electron chi connectivity index (χ3n) is 2.43. The first-order chi connectivity index (χ1) is 6.56. The summed E-state index contributed by atoms with van der Waals surface area (Å²) in [6.07, 6.45) is 2.84. The fourth-order valence-electron chi connectivity index (χ4n) is 1.40. The van der Waals surface area contributed by atoms with Crippen LogP contribution in [0.3, 0.4) is 0 Å². The molecule has 1 aromatic heterocycles. The number of rotatable bonds is 3. The molecule has 0 aliphatic carbocycles. The molecule has 78 valence electrons. The second kappa shape index (κ2) is 4.42. The summed E-state index contributed by atoms with van der Waals surface area (Å²) in [6.45, 7) is 4.17. The lowest BCUT2D eigenvalue weighted by Gasteiger charge is -2.16. The van der Waals surface area contributed by atoms with E-state index in [1.165, 1.54) is 5.56 Å². The lowest BCUT2D eigenvalue weighted by Crippen LogP contribution is -2.14. The highest BCUT2D eigenvalue weighted by Crippen LogP contribution is 2.20. The van der Waals surface area contributed by atoms with E-state index in [9.17, 15) is 0 Å². The number of aryl methyl sites for hydroxylation is 1. The molecule has 0 aliphatic heterocycles. The molecular weight excluding hydrogens is 174 g/mol. The molecule has 3 heteroatoms. The molecule has 1 rings (SSSR count). The zero-order valence-electron chi connectivity index (χ0n) is 9.41. The predicted octanol–water partition coefficient (Wildman–Crippen LogP) is 1.87. The van der Waals surface area contributed by atoms with Crippen LogP contribution >= 0.6 is 0 Å². The summed E-state index contributed by atoms with van der Waals surface area (Å²) in [6, 6.07) is 2.18. The van der Waals surface area contributed by atoms with Gasteiger partial charge in [0.15, 0.2) is 0 Å². The largest absolute Gasteiger partial charge is 0.363 e. The molecule has 2 N–H and O–H groups in total. The third kappa shape index (κ3) is 2.23. The molecular formula is C11H19N3.